The molecule has 2 heterocycles. The van der Waals surface area contributed by atoms with Crippen LogP contribution in [0.2, 0.25) is 0 Å². The van der Waals surface area contributed by atoms with Gasteiger partial charge in [0.2, 0.25) is 0 Å². The van der Waals surface area contributed by atoms with Crippen LogP contribution in [-0.4, -0.2) is 49.1 Å². The molecule has 2 rings (SSSR count). The summed E-state index contributed by atoms with van der Waals surface area (Å²) in [5.74, 6) is 1.70. The van der Waals surface area contributed by atoms with Crippen molar-refractivity contribution in [3.63, 3.8) is 0 Å². The maximum Gasteiger partial charge on any atom is 0.00100 e. The van der Waals surface area contributed by atoms with E-state index in [-0.39, 0.29) is 0 Å². The van der Waals surface area contributed by atoms with Gasteiger partial charge in [0.25, 0.3) is 0 Å². The van der Waals surface area contributed by atoms with Crippen molar-refractivity contribution >= 4 is 0 Å². The highest BCUT2D eigenvalue weighted by molar-refractivity contribution is 4.74. The van der Waals surface area contributed by atoms with Crippen LogP contribution >= 0.6 is 0 Å². The standard InChI is InChI=1S/C16H32N2/c1-15(13-17-9-5-3-6-10-17)16(2)14-18-11-7-4-8-12-18/h15-16H,3-14H2,1-2H3/t15-,16-/m1/s1. The Hall–Kier alpha value is -0.0800. The SMILES string of the molecule is C[C@H](CN1CCCCC1)[C@H](C)CN1CCCCC1. The lowest BCUT2D eigenvalue weighted by molar-refractivity contribution is 0.139. The Balaban J connectivity index is 1.68. The molecule has 0 amide bonds. The van der Waals surface area contributed by atoms with Gasteiger partial charge in [0.1, 0.15) is 0 Å². The Morgan fingerprint density at radius 1 is 0.611 bits per heavy atom. The minimum Gasteiger partial charge on any atom is -0.303 e. The molecule has 2 aliphatic heterocycles. The molecule has 18 heavy (non-hydrogen) atoms. The van der Waals surface area contributed by atoms with Gasteiger partial charge in [-0.3, -0.25) is 0 Å². The minimum absolute atomic E-state index is 0.852. The molecule has 0 aromatic rings. The first-order valence-corrected chi connectivity index (χ1v) is 8.20. The summed E-state index contributed by atoms with van der Waals surface area (Å²) >= 11 is 0. The fraction of sp³-hybridized carbons (Fsp3) is 1.00. The summed E-state index contributed by atoms with van der Waals surface area (Å²) in [7, 11) is 0. The number of likely N-dealkylation sites (tertiary alicyclic amines) is 2. The van der Waals surface area contributed by atoms with Crippen molar-refractivity contribution in [1.82, 2.24) is 9.80 Å². The predicted octanol–water partition coefficient (Wildman–Crippen LogP) is 3.23. The van der Waals surface area contributed by atoms with E-state index in [1.807, 2.05) is 0 Å². The Labute approximate surface area is 114 Å². The van der Waals surface area contributed by atoms with Gasteiger partial charge in [-0.2, -0.15) is 0 Å². The maximum atomic E-state index is 2.70. The highest BCUT2D eigenvalue weighted by Crippen LogP contribution is 2.19. The van der Waals surface area contributed by atoms with Crippen molar-refractivity contribution in [3.05, 3.63) is 0 Å². The van der Waals surface area contributed by atoms with E-state index < -0.39 is 0 Å². The fourth-order valence-corrected chi connectivity index (χ4v) is 3.46. The molecule has 2 aliphatic rings. The Morgan fingerprint density at radius 3 is 1.28 bits per heavy atom. The molecule has 2 heteroatoms. The lowest BCUT2D eigenvalue weighted by Crippen LogP contribution is -2.39. The molecule has 2 fully saturated rings. The number of piperidine rings is 2. The van der Waals surface area contributed by atoms with Gasteiger partial charge in [-0.1, -0.05) is 26.7 Å². The van der Waals surface area contributed by atoms with Gasteiger partial charge in [0.05, 0.1) is 0 Å². The molecule has 0 bridgehead atoms. The predicted molar refractivity (Wildman–Crippen MR) is 78.9 cm³/mol. The Bertz CT molecular complexity index is 193. The van der Waals surface area contributed by atoms with Crippen molar-refractivity contribution in [1.29, 1.82) is 0 Å². The Morgan fingerprint density at radius 2 is 0.944 bits per heavy atom. The largest absolute Gasteiger partial charge is 0.303 e. The molecule has 2 atom stereocenters. The van der Waals surface area contributed by atoms with E-state index in [4.69, 9.17) is 0 Å². The van der Waals surface area contributed by atoms with Crippen molar-refractivity contribution in [3.8, 4) is 0 Å². The van der Waals surface area contributed by atoms with E-state index in [1.54, 1.807) is 0 Å². The summed E-state index contributed by atoms with van der Waals surface area (Å²) in [5.41, 5.74) is 0. The number of nitrogens with zero attached hydrogens (tertiary/aromatic N) is 2. The van der Waals surface area contributed by atoms with Gasteiger partial charge in [-0.25, -0.2) is 0 Å². The lowest BCUT2D eigenvalue weighted by Gasteiger charge is -2.34. The minimum atomic E-state index is 0.852. The zero-order valence-electron chi connectivity index (χ0n) is 12.5. The third-order valence-corrected chi connectivity index (χ3v) is 4.96. The average Bonchev–Trinajstić information content (AvgIpc) is 2.41. The van der Waals surface area contributed by atoms with Gasteiger partial charge >= 0.3 is 0 Å². The Kier molecular flexibility index (Phi) is 5.97. The van der Waals surface area contributed by atoms with Crippen molar-refractivity contribution in [2.24, 2.45) is 11.8 Å². The molecular formula is C16H32N2. The second-order valence-corrected chi connectivity index (χ2v) is 6.68. The first-order chi connectivity index (χ1) is 8.75. The van der Waals surface area contributed by atoms with E-state index in [9.17, 15) is 0 Å². The smallest absolute Gasteiger partial charge is 0.00100 e. The van der Waals surface area contributed by atoms with E-state index in [1.165, 1.54) is 77.8 Å². The highest BCUT2D eigenvalue weighted by atomic mass is 15.1. The van der Waals surface area contributed by atoms with Gasteiger partial charge in [0.15, 0.2) is 0 Å². The van der Waals surface area contributed by atoms with Gasteiger partial charge < -0.3 is 9.80 Å². The van der Waals surface area contributed by atoms with Gasteiger partial charge in [0, 0.05) is 13.1 Å². The van der Waals surface area contributed by atoms with Crippen LogP contribution in [0.15, 0.2) is 0 Å². The van der Waals surface area contributed by atoms with Gasteiger partial charge in [-0.05, 0) is 63.7 Å². The van der Waals surface area contributed by atoms with E-state index in [2.05, 4.69) is 23.6 Å². The summed E-state index contributed by atoms with van der Waals surface area (Å²) in [5, 5.41) is 0. The molecule has 0 unspecified atom stereocenters. The zero-order chi connectivity index (χ0) is 12.8. The third-order valence-electron chi connectivity index (χ3n) is 4.96. The summed E-state index contributed by atoms with van der Waals surface area (Å²) in [6.07, 6.45) is 8.60. The van der Waals surface area contributed by atoms with E-state index >= 15 is 0 Å². The highest BCUT2D eigenvalue weighted by Gasteiger charge is 2.20. The van der Waals surface area contributed by atoms with Crippen LogP contribution in [0.3, 0.4) is 0 Å². The molecule has 0 aromatic carbocycles. The quantitative estimate of drug-likeness (QED) is 0.741. The molecule has 2 nitrogen and oxygen atoms in total. The number of rotatable bonds is 5. The third kappa shape index (κ3) is 4.55. The van der Waals surface area contributed by atoms with Gasteiger partial charge in [-0.15, -0.1) is 0 Å². The second kappa shape index (κ2) is 7.49. The second-order valence-electron chi connectivity index (χ2n) is 6.68. The number of hydrogen-bond donors (Lipinski definition) is 0. The topological polar surface area (TPSA) is 6.48 Å². The molecule has 0 aliphatic carbocycles. The monoisotopic (exact) mass is 252 g/mol. The summed E-state index contributed by atoms with van der Waals surface area (Å²) in [6, 6.07) is 0. The number of hydrogen-bond acceptors (Lipinski definition) is 2. The molecule has 0 spiro atoms. The van der Waals surface area contributed by atoms with Crippen LogP contribution in [0.4, 0.5) is 0 Å². The van der Waals surface area contributed by atoms with E-state index in [0.717, 1.165) is 11.8 Å². The molecule has 0 saturated carbocycles. The van der Waals surface area contributed by atoms with E-state index in [0.29, 0.717) is 0 Å². The molecule has 2 saturated heterocycles. The van der Waals surface area contributed by atoms with Crippen molar-refractivity contribution in [2.75, 3.05) is 39.3 Å². The average molecular weight is 252 g/mol. The normalized spacial score (nSPS) is 27.0. The van der Waals surface area contributed by atoms with Crippen LogP contribution in [0.1, 0.15) is 52.4 Å². The molecule has 106 valence electrons. The molecule has 0 aromatic heterocycles. The van der Waals surface area contributed by atoms with Crippen molar-refractivity contribution in [2.45, 2.75) is 52.4 Å². The van der Waals surface area contributed by atoms with Crippen LogP contribution in [0.5, 0.6) is 0 Å². The molecule has 0 radical (unpaired) electrons. The van der Waals surface area contributed by atoms with Crippen LogP contribution in [0.25, 0.3) is 0 Å². The van der Waals surface area contributed by atoms with Crippen LogP contribution in [0, 0.1) is 11.8 Å². The van der Waals surface area contributed by atoms with Crippen LogP contribution < -0.4 is 0 Å². The first kappa shape index (κ1) is 14.3. The first-order valence-electron chi connectivity index (χ1n) is 8.20. The summed E-state index contributed by atoms with van der Waals surface area (Å²) < 4.78 is 0. The lowest BCUT2D eigenvalue weighted by atomic mass is 9.93. The summed E-state index contributed by atoms with van der Waals surface area (Å²) in [6.45, 7) is 13.0. The molecule has 0 N–H and O–H groups in total. The van der Waals surface area contributed by atoms with Crippen molar-refractivity contribution < 1.29 is 0 Å². The molecular weight excluding hydrogens is 220 g/mol. The maximum absolute atomic E-state index is 2.70. The zero-order valence-corrected chi connectivity index (χ0v) is 12.5. The van der Waals surface area contributed by atoms with Crippen LogP contribution in [-0.2, 0) is 0 Å². The fourth-order valence-electron chi connectivity index (χ4n) is 3.46. The summed E-state index contributed by atoms with van der Waals surface area (Å²) in [4.78, 5) is 5.39.